The minimum atomic E-state index is 0. The Labute approximate surface area is 116 Å². The summed E-state index contributed by atoms with van der Waals surface area (Å²) in [7, 11) is 0. The Kier molecular flexibility index (Phi) is 15.0. The summed E-state index contributed by atoms with van der Waals surface area (Å²) < 4.78 is 1.42. The van der Waals surface area contributed by atoms with Crippen molar-refractivity contribution < 1.29 is 9.96 Å². The van der Waals surface area contributed by atoms with Crippen molar-refractivity contribution in [3.8, 4) is 0 Å². The highest BCUT2D eigenvalue weighted by atomic mass is 16.0. The molecule has 0 atom stereocenters. The number of quaternary nitrogens is 1. The second-order valence-corrected chi connectivity index (χ2v) is 5.65. The fourth-order valence-corrected chi connectivity index (χ4v) is 2.64. The molecular weight excluding hydrogens is 222 g/mol. The van der Waals surface area contributed by atoms with Crippen molar-refractivity contribution in [2.75, 3.05) is 26.2 Å². The number of unbranched alkanes of at least 4 members (excludes halogenated alkanes) is 4. The van der Waals surface area contributed by atoms with Crippen molar-refractivity contribution in [2.45, 2.75) is 79.1 Å². The van der Waals surface area contributed by atoms with Gasteiger partial charge in [0.05, 0.1) is 26.2 Å². The van der Waals surface area contributed by atoms with Crippen molar-refractivity contribution in [3.05, 3.63) is 0 Å². The molecule has 0 heterocycles. The molecule has 0 saturated carbocycles. The Morgan fingerprint density at radius 3 is 0.889 bits per heavy atom. The molecule has 0 spiro atoms. The normalized spacial score (nSPS) is 11.3. The van der Waals surface area contributed by atoms with E-state index in [1.165, 1.54) is 82.0 Å². The molecule has 0 aromatic heterocycles. The van der Waals surface area contributed by atoms with Crippen LogP contribution in [0.25, 0.3) is 0 Å². The summed E-state index contributed by atoms with van der Waals surface area (Å²) in [6.45, 7) is 15.0. The summed E-state index contributed by atoms with van der Waals surface area (Å²) in [4.78, 5) is 0. The zero-order valence-electron chi connectivity index (χ0n) is 13.3. The third-order valence-electron chi connectivity index (χ3n) is 3.94. The average molecular weight is 258 g/mol. The standard InChI is InChI=1S/C16H36N.O/c1-5-9-13-17(14-10-6-2,15-11-7-3)16-12-8-4;/h5-16H2,1-4H3;/q+1;-1. The largest absolute Gasteiger partial charge is 1.00 e. The molecule has 111 valence electrons. The van der Waals surface area contributed by atoms with Crippen molar-refractivity contribution in [1.82, 2.24) is 0 Å². The van der Waals surface area contributed by atoms with Crippen molar-refractivity contribution in [2.24, 2.45) is 0 Å². The lowest BCUT2D eigenvalue weighted by Crippen LogP contribution is -2.50. The minimum Gasteiger partial charge on any atom is -1.00 e. The summed E-state index contributed by atoms with van der Waals surface area (Å²) in [6, 6.07) is 0. The van der Waals surface area contributed by atoms with Crippen LogP contribution in [0.1, 0.15) is 79.1 Å². The van der Waals surface area contributed by atoms with Crippen molar-refractivity contribution in [3.63, 3.8) is 0 Å². The van der Waals surface area contributed by atoms with E-state index in [9.17, 15) is 0 Å². The molecule has 0 aliphatic heterocycles. The smallest absolute Gasteiger partial charge is 0.0786 e. The van der Waals surface area contributed by atoms with Gasteiger partial charge >= 0.3 is 0 Å². The first-order chi connectivity index (χ1) is 8.24. The summed E-state index contributed by atoms with van der Waals surface area (Å²) in [5, 5.41) is 0. The predicted octanol–water partition coefficient (Wildman–Crippen LogP) is 4.88. The van der Waals surface area contributed by atoms with Crippen LogP contribution in [0.5, 0.6) is 0 Å². The molecular formula is C16H36NO. The van der Waals surface area contributed by atoms with E-state index in [4.69, 9.17) is 0 Å². The number of rotatable bonds is 12. The molecule has 0 aromatic carbocycles. The molecule has 0 unspecified atom stereocenters. The van der Waals surface area contributed by atoms with Gasteiger partial charge in [0.15, 0.2) is 0 Å². The lowest BCUT2D eigenvalue weighted by molar-refractivity contribution is -0.929. The highest BCUT2D eigenvalue weighted by molar-refractivity contribution is 4.49. The van der Waals surface area contributed by atoms with Crippen LogP contribution >= 0.6 is 0 Å². The Hall–Kier alpha value is -0.0800. The van der Waals surface area contributed by atoms with Gasteiger partial charge in [0.25, 0.3) is 0 Å². The number of hydrogen-bond donors (Lipinski definition) is 0. The topological polar surface area (TPSA) is 28.5 Å². The second kappa shape index (κ2) is 13.4. The van der Waals surface area contributed by atoms with E-state index in [1.807, 2.05) is 0 Å². The maximum atomic E-state index is 2.33. The maximum absolute atomic E-state index is 2.33. The first kappa shape index (κ1) is 20.2. The zero-order chi connectivity index (χ0) is 13.0. The van der Waals surface area contributed by atoms with E-state index in [2.05, 4.69) is 27.7 Å². The monoisotopic (exact) mass is 258 g/mol. The average Bonchev–Trinajstić information content (AvgIpc) is 2.37. The molecule has 2 heteroatoms. The highest BCUT2D eigenvalue weighted by Crippen LogP contribution is 2.16. The van der Waals surface area contributed by atoms with E-state index in [0.29, 0.717) is 0 Å². The van der Waals surface area contributed by atoms with Gasteiger partial charge in [0.2, 0.25) is 0 Å². The molecule has 1 radical (unpaired) electrons. The molecule has 0 rings (SSSR count). The third-order valence-corrected chi connectivity index (χ3v) is 3.94. The second-order valence-electron chi connectivity index (χ2n) is 5.65. The van der Waals surface area contributed by atoms with Crippen LogP contribution in [0.15, 0.2) is 0 Å². The van der Waals surface area contributed by atoms with Crippen LogP contribution in [0.3, 0.4) is 0 Å². The van der Waals surface area contributed by atoms with E-state index in [0.717, 1.165) is 0 Å². The van der Waals surface area contributed by atoms with Crippen LogP contribution < -0.4 is 0 Å². The Balaban J connectivity index is 0. The third kappa shape index (κ3) is 8.93. The van der Waals surface area contributed by atoms with Gasteiger partial charge < -0.3 is 9.96 Å². The Bertz CT molecular complexity index is 122. The molecule has 0 saturated heterocycles. The van der Waals surface area contributed by atoms with E-state index in [-0.39, 0.29) is 5.48 Å². The molecule has 0 N–H and O–H groups in total. The van der Waals surface area contributed by atoms with Gasteiger partial charge in [-0.3, -0.25) is 0 Å². The quantitative estimate of drug-likeness (QED) is 0.446. The van der Waals surface area contributed by atoms with Crippen LogP contribution in [0.4, 0.5) is 0 Å². The number of hydrogen-bond acceptors (Lipinski definition) is 1. The summed E-state index contributed by atoms with van der Waals surface area (Å²) in [5.41, 5.74) is 0. The fraction of sp³-hybridized carbons (Fsp3) is 1.00. The lowest BCUT2D eigenvalue weighted by atomic mass is 10.1. The molecule has 0 aliphatic rings. The Morgan fingerprint density at radius 1 is 0.500 bits per heavy atom. The van der Waals surface area contributed by atoms with Crippen LogP contribution in [0.2, 0.25) is 0 Å². The summed E-state index contributed by atoms with van der Waals surface area (Å²) in [6.07, 6.45) is 11.1. The molecule has 0 aliphatic carbocycles. The van der Waals surface area contributed by atoms with Gasteiger partial charge in [-0.15, -0.1) is 0 Å². The van der Waals surface area contributed by atoms with Crippen LogP contribution in [-0.2, 0) is 5.48 Å². The van der Waals surface area contributed by atoms with Gasteiger partial charge in [0.1, 0.15) is 0 Å². The first-order valence-corrected chi connectivity index (χ1v) is 8.09. The van der Waals surface area contributed by atoms with Crippen molar-refractivity contribution in [1.29, 1.82) is 0 Å². The van der Waals surface area contributed by atoms with E-state index in [1.54, 1.807) is 0 Å². The molecule has 0 fully saturated rings. The van der Waals surface area contributed by atoms with E-state index < -0.39 is 0 Å². The first-order valence-electron chi connectivity index (χ1n) is 8.09. The lowest BCUT2D eigenvalue weighted by Gasteiger charge is -2.39. The minimum absolute atomic E-state index is 0. The molecule has 0 bridgehead atoms. The summed E-state index contributed by atoms with van der Waals surface area (Å²) >= 11 is 0. The van der Waals surface area contributed by atoms with Gasteiger partial charge in [-0.05, 0) is 25.7 Å². The van der Waals surface area contributed by atoms with Crippen LogP contribution in [0, 0.1) is 0 Å². The summed E-state index contributed by atoms with van der Waals surface area (Å²) in [5.74, 6) is 0. The fourth-order valence-electron chi connectivity index (χ4n) is 2.64. The van der Waals surface area contributed by atoms with Gasteiger partial charge in [-0.25, -0.2) is 0 Å². The predicted molar refractivity (Wildman–Crippen MR) is 80.0 cm³/mol. The van der Waals surface area contributed by atoms with Gasteiger partial charge in [0, 0.05) is 0 Å². The van der Waals surface area contributed by atoms with Gasteiger partial charge in [-0.2, -0.15) is 0 Å². The number of nitrogens with zero attached hydrogens (tertiary/aromatic N) is 1. The molecule has 0 amide bonds. The van der Waals surface area contributed by atoms with E-state index >= 15 is 0 Å². The molecule has 2 nitrogen and oxygen atoms in total. The maximum Gasteiger partial charge on any atom is 0.0786 e. The van der Waals surface area contributed by atoms with Crippen molar-refractivity contribution >= 4 is 0 Å². The van der Waals surface area contributed by atoms with Gasteiger partial charge in [-0.1, -0.05) is 53.4 Å². The Morgan fingerprint density at radius 2 is 0.722 bits per heavy atom. The molecule has 0 aromatic rings. The van der Waals surface area contributed by atoms with Crippen LogP contribution in [-0.4, -0.2) is 30.7 Å². The zero-order valence-corrected chi connectivity index (χ0v) is 13.3. The SMILES string of the molecule is CCCC[N+](CCCC)(CCCC)CCCC.[O-]. The molecule has 18 heavy (non-hydrogen) atoms. The highest BCUT2D eigenvalue weighted by Gasteiger charge is 2.24.